The molecule has 1 aromatic carbocycles. The van der Waals surface area contributed by atoms with Gasteiger partial charge in [0.2, 0.25) is 0 Å². The quantitative estimate of drug-likeness (QED) is 0.520. The van der Waals surface area contributed by atoms with E-state index in [1.165, 1.54) is 5.56 Å². The van der Waals surface area contributed by atoms with Crippen molar-refractivity contribution in [2.24, 2.45) is 16.8 Å². The number of benzene rings is 1. The highest BCUT2D eigenvalue weighted by molar-refractivity contribution is 6.25. The summed E-state index contributed by atoms with van der Waals surface area (Å²) in [6.45, 7) is 2.13. The lowest BCUT2D eigenvalue weighted by molar-refractivity contribution is -0.148. The number of H-pyrrole nitrogens is 1. The van der Waals surface area contributed by atoms with Crippen LogP contribution >= 0.6 is 11.6 Å². The first-order valence-electron chi connectivity index (χ1n) is 8.35. The van der Waals surface area contributed by atoms with Gasteiger partial charge in [0.1, 0.15) is 11.4 Å². The summed E-state index contributed by atoms with van der Waals surface area (Å²) in [7, 11) is 0. The Bertz CT molecular complexity index is 857. The van der Waals surface area contributed by atoms with Crippen molar-refractivity contribution < 1.29 is 9.53 Å². The molecule has 1 N–H and O–H groups in total. The van der Waals surface area contributed by atoms with Gasteiger partial charge in [-0.2, -0.15) is 5.10 Å². The van der Waals surface area contributed by atoms with Crippen LogP contribution < -0.4 is 0 Å². The molecular formula is C19H18ClN3O2. The normalized spacial score (nSPS) is 24.2. The van der Waals surface area contributed by atoms with Crippen LogP contribution in [0.3, 0.4) is 0 Å². The van der Waals surface area contributed by atoms with Crippen LogP contribution in [-0.2, 0) is 16.0 Å². The second-order valence-electron chi connectivity index (χ2n) is 6.22. The summed E-state index contributed by atoms with van der Waals surface area (Å²) in [6, 6.07) is 10.2. The van der Waals surface area contributed by atoms with E-state index in [9.17, 15) is 4.79 Å². The molecule has 1 aromatic heterocycles. The van der Waals surface area contributed by atoms with Gasteiger partial charge in [-0.3, -0.25) is 14.9 Å². The molecule has 128 valence electrons. The standard InChI is InChI=1S/C19H18ClN3O2/c1-2-25-19(24)16-15-12(8-11-6-4-3-5-7-11)9-14-13(10-21-23-14)17(15)22-18(16)20/h3-7,9-10,15-16,18H,2,8H2,1H3,(H,21,23). The first-order chi connectivity index (χ1) is 12.2. The Kier molecular flexibility index (Phi) is 4.17. The maximum atomic E-state index is 12.5. The molecule has 3 atom stereocenters. The Labute approximate surface area is 150 Å². The van der Waals surface area contributed by atoms with Gasteiger partial charge in [-0.25, -0.2) is 0 Å². The molecule has 2 aliphatic rings. The predicted octanol–water partition coefficient (Wildman–Crippen LogP) is 3.21. The lowest BCUT2D eigenvalue weighted by atomic mass is 9.76. The molecule has 1 aliphatic heterocycles. The number of allylic oxidation sites excluding steroid dienone is 1. The summed E-state index contributed by atoms with van der Waals surface area (Å²) in [6.07, 6.45) is 4.54. The van der Waals surface area contributed by atoms with Crippen molar-refractivity contribution in [1.82, 2.24) is 10.2 Å². The fourth-order valence-corrected chi connectivity index (χ4v) is 3.98. The lowest BCUT2D eigenvalue weighted by Gasteiger charge is -2.27. The molecule has 3 unspecified atom stereocenters. The van der Waals surface area contributed by atoms with Gasteiger partial charge in [-0.15, -0.1) is 0 Å². The minimum Gasteiger partial charge on any atom is -0.466 e. The molecule has 0 radical (unpaired) electrons. The number of alkyl halides is 1. The van der Waals surface area contributed by atoms with E-state index in [2.05, 4.69) is 33.4 Å². The third-order valence-electron chi connectivity index (χ3n) is 4.70. The third-order valence-corrected chi connectivity index (χ3v) is 5.07. The highest BCUT2D eigenvalue weighted by Gasteiger charge is 2.47. The van der Waals surface area contributed by atoms with E-state index in [1.54, 1.807) is 13.1 Å². The van der Waals surface area contributed by atoms with E-state index in [0.29, 0.717) is 6.61 Å². The van der Waals surface area contributed by atoms with Crippen LogP contribution in [0, 0.1) is 11.8 Å². The number of nitrogens with zero attached hydrogens (tertiary/aromatic N) is 2. The number of hydrogen-bond acceptors (Lipinski definition) is 4. The fraction of sp³-hybridized carbons (Fsp3) is 0.316. The molecule has 4 rings (SSSR count). The zero-order chi connectivity index (χ0) is 17.4. The Balaban J connectivity index is 1.76. The van der Waals surface area contributed by atoms with Crippen LogP contribution in [0.1, 0.15) is 23.7 Å². The van der Waals surface area contributed by atoms with Gasteiger partial charge in [-0.1, -0.05) is 47.5 Å². The van der Waals surface area contributed by atoms with Crippen LogP contribution in [0.25, 0.3) is 6.08 Å². The number of rotatable bonds is 4. The van der Waals surface area contributed by atoms with E-state index in [0.717, 1.165) is 29.0 Å². The van der Waals surface area contributed by atoms with Crippen molar-refractivity contribution in [3.05, 3.63) is 58.9 Å². The van der Waals surface area contributed by atoms with Gasteiger partial charge < -0.3 is 4.74 Å². The molecule has 5 nitrogen and oxygen atoms in total. The van der Waals surface area contributed by atoms with Crippen molar-refractivity contribution in [3.8, 4) is 0 Å². The zero-order valence-corrected chi connectivity index (χ0v) is 14.5. The second kappa shape index (κ2) is 6.48. The molecule has 1 aliphatic carbocycles. The Morgan fingerprint density at radius 2 is 2.12 bits per heavy atom. The van der Waals surface area contributed by atoms with Crippen molar-refractivity contribution >= 4 is 29.4 Å². The molecule has 0 spiro atoms. The maximum absolute atomic E-state index is 12.5. The highest BCUT2D eigenvalue weighted by atomic mass is 35.5. The first kappa shape index (κ1) is 16.1. The lowest BCUT2D eigenvalue weighted by Crippen LogP contribution is -2.34. The first-order valence-corrected chi connectivity index (χ1v) is 8.79. The van der Waals surface area contributed by atoms with Crippen LogP contribution in [0.4, 0.5) is 0 Å². The smallest absolute Gasteiger partial charge is 0.313 e. The van der Waals surface area contributed by atoms with Gasteiger partial charge in [0.25, 0.3) is 0 Å². The number of aliphatic imine (C=N–C) groups is 1. The molecule has 6 heteroatoms. The van der Waals surface area contributed by atoms with E-state index >= 15 is 0 Å². The van der Waals surface area contributed by atoms with Crippen molar-refractivity contribution in [1.29, 1.82) is 0 Å². The number of nitrogens with one attached hydrogen (secondary N) is 1. The second-order valence-corrected chi connectivity index (χ2v) is 6.67. The summed E-state index contributed by atoms with van der Waals surface area (Å²) < 4.78 is 5.27. The minimum atomic E-state index is -0.626. The molecule has 0 bridgehead atoms. The number of aromatic amines is 1. The molecule has 0 fully saturated rings. The fourth-order valence-electron chi connectivity index (χ4n) is 3.63. The number of carbonyl (C=O) groups excluding carboxylic acids is 1. The molecule has 0 saturated heterocycles. The van der Waals surface area contributed by atoms with Gasteiger partial charge in [0.05, 0.1) is 24.2 Å². The molecule has 2 aromatic rings. The van der Waals surface area contributed by atoms with E-state index in [4.69, 9.17) is 16.3 Å². The van der Waals surface area contributed by atoms with Crippen LogP contribution in [0.15, 0.2) is 47.1 Å². The molecule has 0 amide bonds. The van der Waals surface area contributed by atoms with E-state index in [1.807, 2.05) is 18.2 Å². The molecule has 2 heterocycles. The van der Waals surface area contributed by atoms with Gasteiger partial charge in [0, 0.05) is 11.5 Å². The van der Waals surface area contributed by atoms with Crippen LogP contribution in [0.5, 0.6) is 0 Å². The molecule has 0 saturated carbocycles. The average Bonchev–Trinajstić information content (AvgIpc) is 3.19. The zero-order valence-electron chi connectivity index (χ0n) is 13.8. The number of esters is 1. The molecular weight excluding hydrogens is 338 g/mol. The number of ether oxygens (including phenoxy) is 1. The van der Waals surface area contributed by atoms with Crippen molar-refractivity contribution in [3.63, 3.8) is 0 Å². The van der Waals surface area contributed by atoms with Crippen LogP contribution in [-0.4, -0.2) is 34.0 Å². The number of aromatic nitrogens is 2. The number of halogens is 1. The summed E-state index contributed by atoms with van der Waals surface area (Å²) in [5, 5.41) is 7.13. The molecule has 25 heavy (non-hydrogen) atoms. The Morgan fingerprint density at radius 1 is 1.32 bits per heavy atom. The monoisotopic (exact) mass is 355 g/mol. The third kappa shape index (κ3) is 2.78. The number of fused-ring (bicyclic) bond motifs is 3. The predicted molar refractivity (Wildman–Crippen MR) is 96.5 cm³/mol. The van der Waals surface area contributed by atoms with E-state index in [-0.39, 0.29) is 11.9 Å². The highest BCUT2D eigenvalue weighted by Crippen LogP contribution is 2.43. The largest absolute Gasteiger partial charge is 0.466 e. The number of carbonyl (C=O) groups is 1. The minimum absolute atomic E-state index is 0.174. The van der Waals surface area contributed by atoms with Gasteiger partial charge >= 0.3 is 5.97 Å². The average molecular weight is 356 g/mol. The van der Waals surface area contributed by atoms with Gasteiger partial charge in [-0.05, 0) is 25.0 Å². The van der Waals surface area contributed by atoms with Gasteiger partial charge in [0.15, 0.2) is 0 Å². The van der Waals surface area contributed by atoms with E-state index < -0.39 is 11.4 Å². The SMILES string of the molecule is CCOC(=O)C1C(Cl)N=C2c3cn[nH]c3C=C(Cc3ccccc3)C21. The summed E-state index contributed by atoms with van der Waals surface area (Å²) in [5.41, 5.74) is 4.31. The Morgan fingerprint density at radius 3 is 2.88 bits per heavy atom. The van der Waals surface area contributed by atoms with Crippen LogP contribution in [0.2, 0.25) is 0 Å². The summed E-state index contributed by atoms with van der Waals surface area (Å²) in [5.74, 6) is -0.973. The Hall–Kier alpha value is -2.40. The summed E-state index contributed by atoms with van der Waals surface area (Å²) >= 11 is 6.44. The van der Waals surface area contributed by atoms with Crippen molar-refractivity contribution in [2.45, 2.75) is 18.8 Å². The number of hydrogen-bond donors (Lipinski definition) is 1. The summed E-state index contributed by atoms with van der Waals surface area (Å²) in [4.78, 5) is 17.1. The van der Waals surface area contributed by atoms with Crippen molar-refractivity contribution in [2.75, 3.05) is 6.61 Å². The topological polar surface area (TPSA) is 67.3 Å². The maximum Gasteiger partial charge on any atom is 0.313 e.